The van der Waals surface area contributed by atoms with Crippen molar-refractivity contribution in [2.75, 3.05) is 19.3 Å². The maximum atomic E-state index is 11.7. The van der Waals surface area contributed by atoms with Gasteiger partial charge in [0.2, 0.25) is 5.91 Å². The van der Waals surface area contributed by atoms with Crippen LogP contribution in [0.15, 0.2) is 0 Å². The number of carbonyl (C=O) groups is 2. The van der Waals surface area contributed by atoms with Crippen LogP contribution in [0.5, 0.6) is 0 Å². The van der Waals surface area contributed by atoms with E-state index in [-0.39, 0.29) is 11.8 Å². The van der Waals surface area contributed by atoms with Crippen molar-refractivity contribution in [2.45, 2.75) is 25.0 Å². The molecule has 0 spiro atoms. The highest BCUT2D eigenvalue weighted by Crippen LogP contribution is 2.19. The summed E-state index contributed by atoms with van der Waals surface area (Å²) in [5.41, 5.74) is 0. The Balaban J connectivity index is 2.40. The molecule has 0 radical (unpaired) electrons. The molecule has 0 bridgehead atoms. The van der Waals surface area contributed by atoms with Crippen LogP contribution in [-0.4, -0.2) is 46.5 Å². The number of hydrogen-bond donors (Lipinski definition) is 1. The Morgan fingerprint density at radius 3 is 2.73 bits per heavy atom. The third-order valence-electron chi connectivity index (χ3n) is 2.75. The van der Waals surface area contributed by atoms with E-state index >= 15 is 0 Å². The van der Waals surface area contributed by atoms with Crippen molar-refractivity contribution in [1.82, 2.24) is 4.90 Å². The van der Waals surface area contributed by atoms with Gasteiger partial charge >= 0.3 is 5.97 Å². The second-order valence-corrected chi connectivity index (χ2v) is 5.19. The maximum Gasteiger partial charge on any atom is 0.308 e. The predicted octanol–water partition coefficient (Wildman–Crippen LogP) is 1.06. The maximum absolute atomic E-state index is 11.7. The fourth-order valence-corrected chi connectivity index (χ4v) is 1.96. The number of hydrogen-bond acceptors (Lipinski definition) is 3. The van der Waals surface area contributed by atoms with Gasteiger partial charge in [0.15, 0.2) is 0 Å². The fraction of sp³-hybridized carbons (Fsp3) is 0.800. The number of rotatable bonds is 4. The van der Waals surface area contributed by atoms with E-state index in [0.29, 0.717) is 31.2 Å². The van der Waals surface area contributed by atoms with Gasteiger partial charge in [-0.05, 0) is 12.7 Å². The number of likely N-dealkylation sites (tertiary alicyclic amines) is 1. The van der Waals surface area contributed by atoms with Crippen LogP contribution in [0.1, 0.15) is 19.8 Å². The van der Waals surface area contributed by atoms with Crippen molar-refractivity contribution in [1.29, 1.82) is 0 Å². The van der Waals surface area contributed by atoms with E-state index < -0.39 is 5.97 Å². The van der Waals surface area contributed by atoms with Gasteiger partial charge in [-0.15, -0.1) is 0 Å². The van der Waals surface area contributed by atoms with E-state index in [9.17, 15) is 9.59 Å². The summed E-state index contributed by atoms with van der Waals surface area (Å²) in [6.07, 6.45) is 3.07. The Morgan fingerprint density at radius 1 is 1.60 bits per heavy atom. The smallest absolute Gasteiger partial charge is 0.308 e. The molecule has 15 heavy (non-hydrogen) atoms. The highest BCUT2D eigenvalue weighted by atomic mass is 32.2. The summed E-state index contributed by atoms with van der Waals surface area (Å²) in [7, 11) is 0. The van der Waals surface area contributed by atoms with Gasteiger partial charge in [0.05, 0.1) is 5.92 Å². The third-order valence-corrected chi connectivity index (χ3v) is 3.73. The van der Waals surface area contributed by atoms with Crippen LogP contribution in [0.4, 0.5) is 0 Å². The van der Waals surface area contributed by atoms with Crippen LogP contribution in [0, 0.1) is 5.92 Å². The molecule has 1 saturated heterocycles. The average molecular weight is 231 g/mol. The lowest BCUT2D eigenvalue weighted by Gasteiger charge is -2.17. The minimum atomic E-state index is -0.789. The first kappa shape index (κ1) is 12.4. The number of nitrogens with zero attached hydrogens (tertiary/aromatic N) is 1. The zero-order valence-electron chi connectivity index (χ0n) is 9.10. The number of thioether (sulfide) groups is 1. The molecule has 2 unspecified atom stereocenters. The quantitative estimate of drug-likeness (QED) is 0.786. The molecule has 86 valence electrons. The zero-order valence-corrected chi connectivity index (χ0v) is 9.92. The van der Waals surface area contributed by atoms with Crippen molar-refractivity contribution in [2.24, 2.45) is 5.92 Å². The van der Waals surface area contributed by atoms with Crippen LogP contribution in [-0.2, 0) is 9.59 Å². The topological polar surface area (TPSA) is 57.6 Å². The number of carbonyl (C=O) groups excluding carboxylic acids is 1. The lowest BCUT2D eigenvalue weighted by atomic mass is 10.1. The van der Waals surface area contributed by atoms with E-state index in [4.69, 9.17) is 5.11 Å². The molecule has 1 amide bonds. The number of aliphatic carboxylic acids is 1. The van der Waals surface area contributed by atoms with Gasteiger partial charge in [-0.25, -0.2) is 0 Å². The van der Waals surface area contributed by atoms with Crippen molar-refractivity contribution >= 4 is 23.6 Å². The largest absolute Gasteiger partial charge is 0.481 e. The van der Waals surface area contributed by atoms with E-state index in [0.717, 1.165) is 0 Å². The molecule has 5 heteroatoms. The van der Waals surface area contributed by atoms with Gasteiger partial charge in [-0.1, -0.05) is 6.92 Å². The van der Waals surface area contributed by atoms with Gasteiger partial charge in [-0.2, -0.15) is 11.8 Å². The number of carboxylic acid groups (broad SMARTS) is 1. The molecule has 2 atom stereocenters. The van der Waals surface area contributed by atoms with Crippen LogP contribution < -0.4 is 0 Å². The van der Waals surface area contributed by atoms with Gasteiger partial charge in [0, 0.05) is 24.8 Å². The Morgan fingerprint density at radius 2 is 2.27 bits per heavy atom. The lowest BCUT2D eigenvalue weighted by Crippen LogP contribution is -2.31. The molecule has 1 fully saturated rings. The molecule has 1 heterocycles. The highest BCUT2D eigenvalue weighted by molar-refractivity contribution is 7.99. The minimum Gasteiger partial charge on any atom is -0.481 e. The standard InChI is InChI=1S/C10H17NO3S/c1-7(15-2)5-9(12)11-4-3-8(6-11)10(13)14/h7-8H,3-6H2,1-2H3,(H,13,14). The molecule has 0 aromatic carbocycles. The van der Waals surface area contributed by atoms with Crippen molar-refractivity contribution in [3.05, 3.63) is 0 Å². The first-order valence-electron chi connectivity index (χ1n) is 5.08. The minimum absolute atomic E-state index is 0.0839. The summed E-state index contributed by atoms with van der Waals surface area (Å²) in [5, 5.41) is 9.11. The van der Waals surface area contributed by atoms with E-state index in [2.05, 4.69) is 0 Å². The predicted molar refractivity (Wildman–Crippen MR) is 59.9 cm³/mol. The molecule has 0 aromatic rings. The molecule has 0 saturated carbocycles. The first-order valence-corrected chi connectivity index (χ1v) is 6.36. The lowest BCUT2D eigenvalue weighted by molar-refractivity contribution is -0.141. The van der Waals surface area contributed by atoms with Crippen LogP contribution in [0.2, 0.25) is 0 Å². The molecule has 0 aliphatic carbocycles. The molecule has 1 aliphatic rings. The van der Waals surface area contributed by atoms with Crippen LogP contribution in [0.25, 0.3) is 0 Å². The third kappa shape index (κ3) is 3.41. The Kier molecular flexibility index (Phi) is 4.45. The summed E-state index contributed by atoms with van der Waals surface area (Å²) >= 11 is 1.66. The Bertz CT molecular complexity index is 257. The van der Waals surface area contributed by atoms with Crippen molar-refractivity contribution in [3.63, 3.8) is 0 Å². The summed E-state index contributed by atoms with van der Waals surface area (Å²) < 4.78 is 0. The van der Waals surface area contributed by atoms with Crippen LogP contribution >= 0.6 is 11.8 Å². The average Bonchev–Trinajstić information content (AvgIpc) is 2.66. The van der Waals surface area contributed by atoms with Gasteiger partial charge in [-0.3, -0.25) is 9.59 Å². The zero-order chi connectivity index (χ0) is 11.4. The SMILES string of the molecule is CSC(C)CC(=O)N1CCC(C(=O)O)C1. The Hall–Kier alpha value is -0.710. The molecule has 1 N–H and O–H groups in total. The van der Waals surface area contributed by atoms with E-state index in [1.54, 1.807) is 16.7 Å². The molecule has 4 nitrogen and oxygen atoms in total. The van der Waals surface area contributed by atoms with Gasteiger partial charge in [0.25, 0.3) is 0 Å². The highest BCUT2D eigenvalue weighted by Gasteiger charge is 2.30. The van der Waals surface area contributed by atoms with Crippen molar-refractivity contribution in [3.8, 4) is 0 Å². The summed E-state index contributed by atoms with van der Waals surface area (Å²) in [6.45, 7) is 2.99. The van der Waals surface area contributed by atoms with E-state index in [1.165, 1.54) is 0 Å². The van der Waals surface area contributed by atoms with Crippen molar-refractivity contribution < 1.29 is 14.7 Å². The summed E-state index contributed by atoms with van der Waals surface area (Å²) in [4.78, 5) is 24.1. The monoisotopic (exact) mass is 231 g/mol. The second kappa shape index (κ2) is 5.39. The number of amides is 1. The molecule has 1 rings (SSSR count). The molecule has 1 aliphatic heterocycles. The van der Waals surface area contributed by atoms with Crippen LogP contribution in [0.3, 0.4) is 0 Å². The second-order valence-electron chi connectivity index (χ2n) is 3.91. The molecule has 0 aromatic heterocycles. The normalized spacial score (nSPS) is 22.8. The Labute approximate surface area is 94.0 Å². The number of carboxylic acids is 1. The van der Waals surface area contributed by atoms with Gasteiger partial charge < -0.3 is 10.0 Å². The molecular weight excluding hydrogens is 214 g/mol. The summed E-state index contributed by atoms with van der Waals surface area (Å²) in [5.74, 6) is -1.07. The summed E-state index contributed by atoms with van der Waals surface area (Å²) in [6, 6.07) is 0. The first-order chi connectivity index (χ1) is 7.04. The van der Waals surface area contributed by atoms with E-state index in [1.807, 2.05) is 13.2 Å². The molecular formula is C10H17NO3S. The van der Waals surface area contributed by atoms with Gasteiger partial charge in [0.1, 0.15) is 0 Å². The fourth-order valence-electron chi connectivity index (χ4n) is 1.65.